The molecule has 0 spiro atoms. The van der Waals surface area contributed by atoms with Gasteiger partial charge in [0.1, 0.15) is 0 Å². The van der Waals surface area contributed by atoms with Gasteiger partial charge >= 0.3 is 5.97 Å². The molecule has 0 radical (unpaired) electrons. The van der Waals surface area contributed by atoms with Crippen LogP contribution in [0.15, 0.2) is 18.2 Å². The molecular formula is C11H14Cl2N2O3. The Kier molecular flexibility index (Phi) is 7.16. The van der Waals surface area contributed by atoms with Crippen molar-refractivity contribution in [3.8, 4) is 0 Å². The van der Waals surface area contributed by atoms with Crippen LogP contribution in [0.25, 0.3) is 0 Å². The maximum absolute atomic E-state index is 11.7. The fourth-order valence-corrected chi connectivity index (χ4v) is 1.47. The number of halogens is 2. The number of hydrogen-bond donors (Lipinski definition) is 2. The molecule has 1 aromatic rings. The second-order valence-electron chi connectivity index (χ2n) is 3.32. The van der Waals surface area contributed by atoms with Gasteiger partial charge in [-0.3, -0.25) is 9.59 Å². The van der Waals surface area contributed by atoms with Crippen molar-refractivity contribution in [2.24, 2.45) is 0 Å². The van der Waals surface area contributed by atoms with Crippen LogP contribution in [0.2, 0.25) is 5.02 Å². The van der Waals surface area contributed by atoms with Crippen molar-refractivity contribution >= 4 is 41.6 Å². The Balaban J connectivity index is 0.00000289. The van der Waals surface area contributed by atoms with E-state index in [0.717, 1.165) is 0 Å². The first kappa shape index (κ1) is 16.5. The molecule has 5 nitrogen and oxygen atoms in total. The Morgan fingerprint density at radius 2 is 2.11 bits per heavy atom. The monoisotopic (exact) mass is 292 g/mol. The Morgan fingerprint density at radius 3 is 2.67 bits per heavy atom. The summed E-state index contributed by atoms with van der Waals surface area (Å²) in [6, 6.07) is 4.61. The lowest BCUT2D eigenvalue weighted by Crippen LogP contribution is -2.26. The molecular weight excluding hydrogens is 279 g/mol. The van der Waals surface area contributed by atoms with Gasteiger partial charge in [-0.1, -0.05) is 11.6 Å². The number of ether oxygens (including phenoxy) is 1. The van der Waals surface area contributed by atoms with Gasteiger partial charge < -0.3 is 15.8 Å². The highest BCUT2D eigenvalue weighted by molar-refractivity contribution is 6.34. The van der Waals surface area contributed by atoms with Crippen LogP contribution in [-0.2, 0) is 9.53 Å². The summed E-state index contributed by atoms with van der Waals surface area (Å²) in [6.07, 6.45) is 0.120. The Hall–Kier alpha value is -1.46. The number of hydrogen-bond acceptors (Lipinski definition) is 4. The van der Waals surface area contributed by atoms with E-state index in [1.807, 2.05) is 0 Å². The lowest BCUT2D eigenvalue weighted by Gasteiger charge is -2.06. The van der Waals surface area contributed by atoms with Gasteiger partial charge in [-0.25, -0.2) is 0 Å². The molecule has 0 saturated heterocycles. The van der Waals surface area contributed by atoms with E-state index in [-0.39, 0.29) is 42.3 Å². The van der Waals surface area contributed by atoms with E-state index in [1.54, 1.807) is 6.07 Å². The summed E-state index contributed by atoms with van der Waals surface area (Å²) >= 11 is 5.86. The average Bonchev–Trinajstić information content (AvgIpc) is 2.28. The first-order valence-electron chi connectivity index (χ1n) is 4.94. The van der Waals surface area contributed by atoms with Crippen LogP contribution in [0.4, 0.5) is 5.69 Å². The van der Waals surface area contributed by atoms with Crippen LogP contribution < -0.4 is 11.1 Å². The van der Waals surface area contributed by atoms with Crippen LogP contribution in [0.1, 0.15) is 16.8 Å². The van der Waals surface area contributed by atoms with Gasteiger partial charge in [0.25, 0.3) is 5.91 Å². The van der Waals surface area contributed by atoms with Crippen LogP contribution in [0.3, 0.4) is 0 Å². The zero-order chi connectivity index (χ0) is 12.8. The highest BCUT2D eigenvalue weighted by atomic mass is 35.5. The highest BCUT2D eigenvalue weighted by Gasteiger charge is 2.10. The normalized spacial score (nSPS) is 9.22. The van der Waals surface area contributed by atoms with Crippen molar-refractivity contribution in [1.29, 1.82) is 0 Å². The second-order valence-corrected chi connectivity index (χ2v) is 3.73. The lowest BCUT2D eigenvalue weighted by molar-refractivity contribution is -0.140. The lowest BCUT2D eigenvalue weighted by atomic mass is 10.2. The first-order chi connectivity index (χ1) is 8.04. The molecule has 0 saturated carbocycles. The molecule has 0 aromatic heterocycles. The molecule has 7 heteroatoms. The summed E-state index contributed by atoms with van der Waals surface area (Å²) in [5.41, 5.74) is 6.32. The summed E-state index contributed by atoms with van der Waals surface area (Å²) in [5, 5.41) is 2.84. The topological polar surface area (TPSA) is 81.4 Å². The summed E-state index contributed by atoms with van der Waals surface area (Å²) in [6.45, 7) is 0.201. The number of esters is 1. The molecule has 0 atom stereocenters. The number of methoxy groups -OCH3 is 1. The summed E-state index contributed by atoms with van der Waals surface area (Å²) in [7, 11) is 1.29. The van der Waals surface area contributed by atoms with E-state index in [4.69, 9.17) is 17.3 Å². The van der Waals surface area contributed by atoms with Gasteiger partial charge in [-0.2, -0.15) is 0 Å². The van der Waals surface area contributed by atoms with Crippen molar-refractivity contribution in [3.63, 3.8) is 0 Å². The van der Waals surface area contributed by atoms with Crippen molar-refractivity contribution < 1.29 is 14.3 Å². The summed E-state index contributed by atoms with van der Waals surface area (Å²) in [4.78, 5) is 22.5. The average molecular weight is 293 g/mol. The number of benzene rings is 1. The molecule has 0 heterocycles. The van der Waals surface area contributed by atoms with Gasteiger partial charge in [0.2, 0.25) is 0 Å². The van der Waals surface area contributed by atoms with Crippen LogP contribution in [0.5, 0.6) is 0 Å². The predicted octanol–water partition coefficient (Wildman–Crippen LogP) is 1.64. The number of nitrogen functional groups attached to an aromatic ring is 1. The van der Waals surface area contributed by atoms with Gasteiger partial charge in [-0.15, -0.1) is 12.4 Å². The predicted molar refractivity (Wildman–Crippen MR) is 72.1 cm³/mol. The molecule has 1 rings (SSSR count). The highest BCUT2D eigenvalue weighted by Crippen LogP contribution is 2.18. The minimum atomic E-state index is -0.381. The molecule has 0 aliphatic rings. The fourth-order valence-electron chi connectivity index (χ4n) is 1.19. The first-order valence-corrected chi connectivity index (χ1v) is 5.32. The van der Waals surface area contributed by atoms with Crippen molar-refractivity contribution in [2.75, 3.05) is 19.4 Å². The number of nitrogens with one attached hydrogen (secondary N) is 1. The van der Waals surface area contributed by atoms with E-state index in [2.05, 4.69) is 10.1 Å². The molecule has 3 N–H and O–H groups in total. The van der Waals surface area contributed by atoms with E-state index in [0.29, 0.717) is 11.3 Å². The molecule has 0 aliphatic heterocycles. The standard InChI is InChI=1S/C11H13ClN2O3.ClH/c1-17-10(15)4-5-14-11(16)8-3-2-7(13)6-9(8)12;/h2-3,6H,4-5,13H2,1H3,(H,14,16);1H. The van der Waals surface area contributed by atoms with Crippen LogP contribution >= 0.6 is 24.0 Å². The minimum Gasteiger partial charge on any atom is -0.469 e. The number of anilines is 1. The van der Waals surface area contributed by atoms with Gasteiger partial charge in [0, 0.05) is 12.2 Å². The van der Waals surface area contributed by atoms with Crippen molar-refractivity contribution in [3.05, 3.63) is 28.8 Å². The molecule has 0 unspecified atom stereocenters. The van der Waals surface area contributed by atoms with E-state index < -0.39 is 0 Å². The number of amides is 1. The summed E-state index contributed by atoms with van der Waals surface area (Å²) < 4.78 is 4.44. The zero-order valence-electron chi connectivity index (χ0n) is 9.73. The third-order valence-corrected chi connectivity index (χ3v) is 2.39. The molecule has 0 aliphatic carbocycles. The maximum Gasteiger partial charge on any atom is 0.307 e. The van der Waals surface area contributed by atoms with Gasteiger partial charge in [0.05, 0.1) is 24.1 Å². The maximum atomic E-state index is 11.7. The SMILES string of the molecule is COC(=O)CCNC(=O)c1ccc(N)cc1Cl.Cl. The smallest absolute Gasteiger partial charge is 0.307 e. The Labute approximate surface area is 116 Å². The largest absolute Gasteiger partial charge is 0.469 e. The molecule has 1 amide bonds. The van der Waals surface area contributed by atoms with Gasteiger partial charge in [-0.05, 0) is 18.2 Å². The molecule has 100 valence electrons. The zero-order valence-corrected chi connectivity index (χ0v) is 11.3. The van der Waals surface area contributed by atoms with Crippen LogP contribution in [0, 0.1) is 0 Å². The molecule has 1 aromatic carbocycles. The van der Waals surface area contributed by atoms with E-state index in [9.17, 15) is 9.59 Å². The Morgan fingerprint density at radius 1 is 1.44 bits per heavy atom. The third-order valence-electron chi connectivity index (χ3n) is 2.08. The minimum absolute atomic E-state index is 0. The third kappa shape index (κ3) is 4.81. The number of rotatable bonds is 4. The van der Waals surface area contributed by atoms with Gasteiger partial charge in [0.15, 0.2) is 0 Å². The van der Waals surface area contributed by atoms with Crippen molar-refractivity contribution in [1.82, 2.24) is 5.32 Å². The summed E-state index contributed by atoms with van der Waals surface area (Å²) in [5.74, 6) is -0.729. The van der Waals surface area contributed by atoms with E-state index in [1.165, 1.54) is 19.2 Å². The Bertz CT molecular complexity index is 438. The molecule has 0 bridgehead atoms. The number of nitrogens with two attached hydrogens (primary N) is 1. The van der Waals surface area contributed by atoms with Crippen molar-refractivity contribution in [2.45, 2.75) is 6.42 Å². The number of carbonyl (C=O) groups excluding carboxylic acids is 2. The molecule has 0 fully saturated rings. The van der Waals surface area contributed by atoms with Crippen LogP contribution in [-0.4, -0.2) is 25.5 Å². The quantitative estimate of drug-likeness (QED) is 0.653. The number of carbonyl (C=O) groups is 2. The van der Waals surface area contributed by atoms with E-state index >= 15 is 0 Å². The molecule has 18 heavy (non-hydrogen) atoms. The fraction of sp³-hybridized carbons (Fsp3) is 0.273. The second kappa shape index (κ2) is 7.79.